The summed E-state index contributed by atoms with van der Waals surface area (Å²) in [4.78, 5) is 1.38. The molecule has 3 rings (SSSR count). The van der Waals surface area contributed by atoms with Crippen molar-refractivity contribution in [3.05, 3.63) is 46.8 Å². The molecular formula is C15H17NS. The third-order valence-corrected chi connectivity index (χ3v) is 4.16. The number of hydrogen-bond donors (Lipinski definition) is 1. The van der Waals surface area contributed by atoms with Gasteiger partial charge in [0.2, 0.25) is 0 Å². The lowest BCUT2D eigenvalue weighted by molar-refractivity contribution is 0.689. The molecule has 1 fully saturated rings. The lowest BCUT2D eigenvalue weighted by atomic mass is 10.1. The minimum absolute atomic E-state index is 0.789. The van der Waals surface area contributed by atoms with E-state index in [9.17, 15) is 0 Å². The summed E-state index contributed by atoms with van der Waals surface area (Å²) in [6, 6.07) is 11.8. The molecule has 1 N–H and O–H groups in total. The zero-order valence-corrected chi connectivity index (χ0v) is 10.9. The van der Waals surface area contributed by atoms with Crippen LogP contribution >= 0.6 is 11.3 Å². The molecule has 17 heavy (non-hydrogen) atoms. The van der Waals surface area contributed by atoms with Crippen molar-refractivity contribution >= 4 is 11.3 Å². The fraction of sp³-hybridized carbons (Fsp3) is 0.333. The van der Waals surface area contributed by atoms with E-state index in [1.807, 2.05) is 11.3 Å². The van der Waals surface area contributed by atoms with Crippen molar-refractivity contribution in [3.8, 4) is 10.4 Å². The number of hydrogen-bond acceptors (Lipinski definition) is 2. The zero-order valence-electron chi connectivity index (χ0n) is 10.1. The monoisotopic (exact) mass is 243 g/mol. The molecule has 0 radical (unpaired) electrons. The molecule has 1 heterocycles. The van der Waals surface area contributed by atoms with E-state index in [1.54, 1.807) is 0 Å². The van der Waals surface area contributed by atoms with Gasteiger partial charge in [0.15, 0.2) is 0 Å². The molecule has 1 aliphatic rings. The fourth-order valence-electron chi connectivity index (χ4n) is 1.97. The Morgan fingerprint density at radius 2 is 2.18 bits per heavy atom. The van der Waals surface area contributed by atoms with Crippen molar-refractivity contribution in [2.75, 3.05) is 0 Å². The minimum atomic E-state index is 0.789. The van der Waals surface area contributed by atoms with Crippen LogP contribution in [-0.2, 0) is 6.54 Å². The van der Waals surface area contributed by atoms with Crippen LogP contribution in [0, 0.1) is 6.92 Å². The molecule has 88 valence electrons. The van der Waals surface area contributed by atoms with E-state index < -0.39 is 0 Å². The maximum Gasteiger partial charge on any atom is 0.0346 e. The molecule has 2 aromatic rings. The van der Waals surface area contributed by atoms with Gasteiger partial charge in [0.25, 0.3) is 0 Å². The topological polar surface area (TPSA) is 12.0 Å². The lowest BCUT2D eigenvalue weighted by Gasteiger charge is -1.99. The van der Waals surface area contributed by atoms with E-state index in [4.69, 9.17) is 0 Å². The molecule has 1 aromatic carbocycles. The molecule has 1 nitrogen and oxygen atoms in total. The van der Waals surface area contributed by atoms with Gasteiger partial charge in [-0.25, -0.2) is 0 Å². The second-order valence-electron chi connectivity index (χ2n) is 4.84. The molecule has 0 atom stereocenters. The standard InChI is InChI=1S/C15H17NS/c1-11-3-2-4-13(7-11)15-8-12(10-17-15)9-16-14-5-6-14/h2-4,7-8,10,14,16H,5-6,9H2,1H3. The number of rotatable bonds is 4. The summed E-state index contributed by atoms with van der Waals surface area (Å²) in [6.45, 7) is 3.17. The highest BCUT2D eigenvalue weighted by Gasteiger charge is 2.20. The van der Waals surface area contributed by atoms with Gasteiger partial charge in [-0.15, -0.1) is 11.3 Å². The van der Waals surface area contributed by atoms with Crippen LogP contribution < -0.4 is 5.32 Å². The fourth-order valence-corrected chi connectivity index (χ4v) is 2.88. The van der Waals surface area contributed by atoms with E-state index in [0.29, 0.717) is 0 Å². The van der Waals surface area contributed by atoms with Crippen LogP contribution in [-0.4, -0.2) is 6.04 Å². The molecular weight excluding hydrogens is 226 g/mol. The SMILES string of the molecule is Cc1cccc(-c2cc(CNC3CC3)cs2)c1. The quantitative estimate of drug-likeness (QED) is 0.856. The Morgan fingerprint density at radius 3 is 2.94 bits per heavy atom. The Kier molecular flexibility index (Phi) is 3.00. The third-order valence-electron chi connectivity index (χ3n) is 3.13. The van der Waals surface area contributed by atoms with Gasteiger partial charge in [-0.05, 0) is 42.3 Å². The summed E-state index contributed by atoms with van der Waals surface area (Å²) in [5.41, 5.74) is 4.08. The molecule has 1 aromatic heterocycles. The molecule has 0 saturated heterocycles. The summed E-state index contributed by atoms with van der Waals surface area (Å²) in [5, 5.41) is 5.83. The largest absolute Gasteiger partial charge is 0.310 e. The predicted molar refractivity (Wildman–Crippen MR) is 74.4 cm³/mol. The Bertz CT molecular complexity index is 511. The summed E-state index contributed by atoms with van der Waals surface area (Å²) in [5.74, 6) is 0. The molecule has 2 heteroatoms. The van der Waals surface area contributed by atoms with E-state index in [-0.39, 0.29) is 0 Å². The summed E-state index contributed by atoms with van der Waals surface area (Å²) in [7, 11) is 0. The first-order valence-corrected chi connectivity index (χ1v) is 7.07. The van der Waals surface area contributed by atoms with Gasteiger partial charge in [-0.2, -0.15) is 0 Å². The van der Waals surface area contributed by atoms with Gasteiger partial charge < -0.3 is 5.32 Å². The summed E-state index contributed by atoms with van der Waals surface area (Å²) in [6.07, 6.45) is 2.71. The lowest BCUT2D eigenvalue weighted by Crippen LogP contribution is -2.14. The van der Waals surface area contributed by atoms with Crippen molar-refractivity contribution in [1.29, 1.82) is 0 Å². The van der Waals surface area contributed by atoms with Gasteiger partial charge >= 0.3 is 0 Å². The van der Waals surface area contributed by atoms with E-state index >= 15 is 0 Å². The number of thiophene rings is 1. The molecule has 0 aliphatic heterocycles. The summed E-state index contributed by atoms with van der Waals surface area (Å²) >= 11 is 1.84. The van der Waals surface area contributed by atoms with Crippen LogP contribution in [0.25, 0.3) is 10.4 Å². The van der Waals surface area contributed by atoms with Crippen LogP contribution in [0.15, 0.2) is 35.7 Å². The van der Waals surface area contributed by atoms with Crippen LogP contribution in [0.1, 0.15) is 24.0 Å². The van der Waals surface area contributed by atoms with Crippen molar-refractivity contribution in [2.24, 2.45) is 0 Å². The van der Waals surface area contributed by atoms with E-state index in [0.717, 1.165) is 12.6 Å². The highest BCUT2D eigenvalue weighted by atomic mass is 32.1. The molecule has 0 amide bonds. The molecule has 0 spiro atoms. The Balaban J connectivity index is 1.74. The smallest absolute Gasteiger partial charge is 0.0346 e. The van der Waals surface area contributed by atoms with Crippen LogP contribution in [0.4, 0.5) is 0 Å². The maximum absolute atomic E-state index is 3.56. The molecule has 1 saturated carbocycles. The van der Waals surface area contributed by atoms with Crippen molar-refractivity contribution in [1.82, 2.24) is 5.32 Å². The summed E-state index contributed by atoms with van der Waals surface area (Å²) < 4.78 is 0. The molecule has 1 aliphatic carbocycles. The predicted octanol–water partition coefficient (Wildman–Crippen LogP) is 3.98. The number of aryl methyl sites for hydroxylation is 1. The van der Waals surface area contributed by atoms with Crippen molar-refractivity contribution in [3.63, 3.8) is 0 Å². The molecule has 0 unspecified atom stereocenters. The first-order chi connectivity index (χ1) is 8.31. The van der Waals surface area contributed by atoms with Crippen LogP contribution in [0.2, 0.25) is 0 Å². The second-order valence-corrected chi connectivity index (χ2v) is 5.76. The maximum atomic E-state index is 3.56. The first-order valence-electron chi connectivity index (χ1n) is 6.19. The average molecular weight is 243 g/mol. The van der Waals surface area contributed by atoms with Gasteiger partial charge in [-0.3, -0.25) is 0 Å². The third kappa shape index (κ3) is 2.76. The highest BCUT2D eigenvalue weighted by Crippen LogP contribution is 2.28. The number of benzene rings is 1. The Labute approximate surface area is 106 Å². The zero-order chi connectivity index (χ0) is 11.7. The van der Waals surface area contributed by atoms with Gasteiger partial charge in [0.1, 0.15) is 0 Å². The van der Waals surface area contributed by atoms with Crippen LogP contribution in [0.5, 0.6) is 0 Å². The van der Waals surface area contributed by atoms with Gasteiger partial charge in [0, 0.05) is 17.5 Å². The van der Waals surface area contributed by atoms with E-state index in [1.165, 1.54) is 34.4 Å². The minimum Gasteiger partial charge on any atom is -0.310 e. The average Bonchev–Trinajstić information content (AvgIpc) is 3.04. The van der Waals surface area contributed by atoms with E-state index in [2.05, 4.69) is 48.0 Å². The van der Waals surface area contributed by atoms with Crippen LogP contribution in [0.3, 0.4) is 0 Å². The van der Waals surface area contributed by atoms with Crippen molar-refractivity contribution in [2.45, 2.75) is 32.4 Å². The Hall–Kier alpha value is -1.12. The molecule has 0 bridgehead atoms. The Morgan fingerprint density at radius 1 is 1.29 bits per heavy atom. The van der Waals surface area contributed by atoms with Gasteiger partial charge in [-0.1, -0.05) is 29.8 Å². The normalized spacial score (nSPS) is 15.1. The highest BCUT2D eigenvalue weighted by molar-refractivity contribution is 7.13. The van der Waals surface area contributed by atoms with Crippen molar-refractivity contribution < 1.29 is 0 Å². The number of nitrogens with one attached hydrogen (secondary N) is 1. The van der Waals surface area contributed by atoms with Gasteiger partial charge in [0.05, 0.1) is 0 Å². The second kappa shape index (κ2) is 4.63. The first kappa shape index (κ1) is 11.0.